The molecular weight excluding hydrogens is 300 g/mol. The summed E-state index contributed by atoms with van der Waals surface area (Å²) in [6.45, 7) is -0.230. The van der Waals surface area contributed by atoms with Crippen LogP contribution in [0.15, 0.2) is 36.4 Å². The van der Waals surface area contributed by atoms with Gasteiger partial charge in [-0.05, 0) is 17.7 Å². The molecule has 2 aromatic rings. The Balaban J connectivity index is 1.94. The molecule has 0 fully saturated rings. The molecule has 0 spiro atoms. The van der Waals surface area contributed by atoms with Gasteiger partial charge >= 0.3 is 0 Å². The second-order valence-electron chi connectivity index (χ2n) is 5.51. The fraction of sp³-hybridized carbons (Fsp3) is 0.235. The van der Waals surface area contributed by atoms with E-state index in [0.29, 0.717) is 11.3 Å². The van der Waals surface area contributed by atoms with Gasteiger partial charge in [0.1, 0.15) is 35.2 Å². The molecule has 0 radical (unpaired) electrons. The fourth-order valence-electron chi connectivity index (χ4n) is 2.61. The molecule has 0 amide bonds. The van der Waals surface area contributed by atoms with E-state index in [1.54, 1.807) is 12.1 Å². The highest BCUT2D eigenvalue weighted by Gasteiger charge is 2.44. The fourth-order valence-corrected chi connectivity index (χ4v) is 2.61. The predicted molar refractivity (Wildman–Crippen MR) is 81.2 cm³/mol. The molecule has 3 rings (SSSR count). The van der Waals surface area contributed by atoms with Crippen LogP contribution in [0.1, 0.15) is 15.9 Å². The average Bonchev–Trinajstić information content (AvgIpc) is 2.53. The summed E-state index contributed by atoms with van der Waals surface area (Å²) in [7, 11) is 1.44. The number of methoxy groups -OCH3 is 1. The summed E-state index contributed by atoms with van der Waals surface area (Å²) < 4.78 is 10.5. The Morgan fingerprint density at radius 2 is 1.91 bits per heavy atom. The van der Waals surface area contributed by atoms with Crippen molar-refractivity contribution in [3.05, 3.63) is 47.5 Å². The number of carbonyl (C=O) groups excluding carboxylic acids is 1. The first-order valence-corrected chi connectivity index (χ1v) is 7.02. The Kier molecular flexibility index (Phi) is 3.61. The van der Waals surface area contributed by atoms with E-state index in [2.05, 4.69) is 0 Å². The summed E-state index contributed by atoms with van der Waals surface area (Å²) in [5, 5.41) is 30.0. The summed E-state index contributed by atoms with van der Waals surface area (Å²) in [5.74, 6) is -0.262. The van der Waals surface area contributed by atoms with Gasteiger partial charge in [-0.25, -0.2) is 0 Å². The number of hydrogen-bond acceptors (Lipinski definition) is 6. The molecule has 0 saturated heterocycles. The van der Waals surface area contributed by atoms with Gasteiger partial charge in [0.15, 0.2) is 5.60 Å². The van der Waals surface area contributed by atoms with Gasteiger partial charge in [0.25, 0.3) is 0 Å². The Hall–Kier alpha value is -2.73. The van der Waals surface area contributed by atoms with Crippen molar-refractivity contribution in [2.24, 2.45) is 0 Å². The number of benzene rings is 2. The first-order valence-electron chi connectivity index (χ1n) is 7.02. The van der Waals surface area contributed by atoms with Crippen LogP contribution >= 0.6 is 0 Å². The lowest BCUT2D eigenvalue weighted by Gasteiger charge is -2.32. The molecule has 120 valence electrons. The van der Waals surface area contributed by atoms with E-state index in [4.69, 9.17) is 9.47 Å². The largest absolute Gasteiger partial charge is 0.508 e. The summed E-state index contributed by atoms with van der Waals surface area (Å²) >= 11 is 0. The molecule has 0 aliphatic carbocycles. The minimum atomic E-state index is -1.78. The normalized spacial score (nSPS) is 19.8. The summed E-state index contributed by atoms with van der Waals surface area (Å²) in [5.41, 5.74) is -1.17. The van der Waals surface area contributed by atoms with Crippen molar-refractivity contribution in [3.63, 3.8) is 0 Å². The van der Waals surface area contributed by atoms with Crippen LogP contribution in [0, 0.1) is 0 Å². The molecule has 3 N–H and O–H groups in total. The molecule has 1 heterocycles. The van der Waals surface area contributed by atoms with Crippen molar-refractivity contribution in [2.75, 3.05) is 13.7 Å². The molecule has 0 bridgehead atoms. The number of rotatable bonds is 3. The molecule has 0 saturated carbocycles. The van der Waals surface area contributed by atoms with Gasteiger partial charge in [-0.1, -0.05) is 12.1 Å². The van der Waals surface area contributed by atoms with Gasteiger partial charge < -0.3 is 24.8 Å². The Labute approximate surface area is 132 Å². The number of phenolic OH excluding ortho intramolecular Hbond substituents is 2. The van der Waals surface area contributed by atoms with E-state index in [0.717, 1.165) is 0 Å². The highest BCUT2D eigenvalue weighted by atomic mass is 16.5. The van der Waals surface area contributed by atoms with E-state index in [1.165, 1.54) is 31.4 Å². The molecule has 23 heavy (non-hydrogen) atoms. The molecular formula is C17H16O6. The van der Waals surface area contributed by atoms with Crippen LogP contribution in [0.4, 0.5) is 0 Å². The number of phenols is 2. The number of ether oxygens (including phenoxy) is 2. The van der Waals surface area contributed by atoms with Crippen LogP contribution in [-0.4, -0.2) is 40.4 Å². The summed E-state index contributed by atoms with van der Waals surface area (Å²) in [6, 6.07) is 8.97. The van der Waals surface area contributed by atoms with Crippen molar-refractivity contribution < 1.29 is 29.6 Å². The SMILES string of the molecule is COc1cc(O)c2c(c1)OC[C@](O)(Cc1ccc(O)cc1)C2=O. The van der Waals surface area contributed by atoms with Gasteiger partial charge in [-0.2, -0.15) is 0 Å². The maximum Gasteiger partial charge on any atom is 0.205 e. The predicted octanol–water partition coefficient (Wildman–Crippen LogP) is 1.66. The Morgan fingerprint density at radius 1 is 1.22 bits per heavy atom. The van der Waals surface area contributed by atoms with Crippen LogP contribution in [0.3, 0.4) is 0 Å². The molecule has 1 atom stereocenters. The van der Waals surface area contributed by atoms with E-state index >= 15 is 0 Å². The third-order valence-corrected chi connectivity index (χ3v) is 3.84. The van der Waals surface area contributed by atoms with E-state index in [9.17, 15) is 20.1 Å². The zero-order chi connectivity index (χ0) is 16.6. The lowest BCUT2D eigenvalue weighted by Crippen LogP contribution is -2.49. The highest BCUT2D eigenvalue weighted by molar-refractivity contribution is 6.08. The quantitative estimate of drug-likeness (QED) is 0.797. The van der Waals surface area contributed by atoms with Crippen molar-refractivity contribution in [3.8, 4) is 23.0 Å². The van der Waals surface area contributed by atoms with E-state index in [1.807, 2.05) is 0 Å². The smallest absolute Gasteiger partial charge is 0.205 e. The maximum absolute atomic E-state index is 12.7. The summed E-state index contributed by atoms with van der Waals surface area (Å²) in [4.78, 5) is 12.7. The Morgan fingerprint density at radius 3 is 2.57 bits per heavy atom. The van der Waals surface area contributed by atoms with Crippen LogP contribution in [0.5, 0.6) is 23.0 Å². The van der Waals surface area contributed by atoms with Gasteiger partial charge in [0, 0.05) is 18.6 Å². The monoisotopic (exact) mass is 316 g/mol. The highest BCUT2D eigenvalue weighted by Crippen LogP contribution is 2.40. The number of aromatic hydroxyl groups is 2. The van der Waals surface area contributed by atoms with Crippen molar-refractivity contribution >= 4 is 5.78 Å². The summed E-state index contributed by atoms with van der Waals surface area (Å²) in [6.07, 6.45) is 0.0109. The van der Waals surface area contributed by atoms with E-state index in [-0.39, 0.29) is 35.8 Å². The number of aliphatic hydroxyl groups is 1. The van der Waals surface area contributed by atoms with Crippen molar-refractivity contribution in [2.45, 2.75) is 12.0 Å². The van der Waals surface area contributed by atoms with Gasteiger partial charge in [0.2, 0.25) is 5.78 Å². The minimum absolute atomic E-state index is 0.0109. The standard InChI is InChI=1S/C17H16O6/c1-22-12-6-13(19)15-14(7-12)23-9-17(21,16(15)20)8-10-2-4-11(18)5-3-10/h2-7,18-19,21H,8-9H2,1H3/t17-/m1/s1. The molecule has 0 unspecified atom stereocenters. The second kappa shape index (κ2) is 5.48. The van der Waals surface area contributed by atoms with Gasteiger partial charge in [-0.3, -0.25) is 4.79 Å². The zero-order valence-corrected chi connectivity index (χ0v) is 12.4. The average molecular weight is 316 g/mol. The first kappa shape index (κ1) is 15.2. The third-order valence-electron chi connectivity index (χ3n) is 3.84. The van der Waals surface area contributed by atoms with Crippen LogP contribution in [0.2, 0.25) is 0 Å². The molecule has 0 aromatic heterocycles. The number of hydrogen-bond donors (Lipinski definition) is 3. The minimum Gasteiger partial charge on any atom is -0.508 e. The van der Waals surface area contributed by atoms with Gasteiger partial charge in [-0.15, -0.1) is 0 Å². The van der Waals surface area contributed by atoms with Gasteiger partial charge in [0.05, 0.1) is 7.11 Å². The number of ketones is 1. The lowest BCUT2D eigenvalue weighted by atomic mass is 9.85. The topological polar surface area (TPSA) is 96.2 Å². The van der Waals surface area contributed by atoms with Crippen LogP contribution in [0.25, 0.3) is 0 Å². The first-order chi connectivity index (χ1) is 10.9. The van der Waals surface area contributed by atoms with E-state index < -0.39 is 11.4 Å². The second-order valence-corrected chi connectivity index (χ2v) is 5.51. The third kappa shape index (κ3) is 2.68. The molecule has 2 aromatic carbocycles. The lowest BCUT2D eigenvalue weighted by molar-refractivity contribution is -0.00240. The number of fused-ring (bicyclic) bond motifs is 1. The number of carbonyl (C=O) groups is 1. The van der Waals surface area contributed by atoms with Crippen LogP contribution in [-0.2, 0) is 6.42 Å². The van der Waals surface area contributed by atoms with Crippen molar-refractivity contribution in [1.82, 2.24) is 0 Å². The van der Waals surface area contributed by atoms with Crippen molar-refractivity contribution in [1.29, 1.82) is 0 Å². The van der Waals surface area contributed by atoms with Crippen LogP contribution < -0.4 is 9.47 Å². The molecule has 1 aliphatic rings. The molecule has 6 nitrogen and oxygen atoms in total. The zero-order valence-electron chi connectivity index (χ0n) is 12.4. The molecule has 1 aliphatic heterocycles. The maximum atomic E-state index is 12.7. The number of Topliss-reactive ketones (excluding diaryl/α,β-unsaturated/α-hetero) is 1. The molecule has 6 heteroatoms. The Bertz CT molecular complexity index is 752.